The van der Waals surface area contributed by atoms with E-state index < -0.39 is 16.9 Å². The maximum absolute atomic E-state index is 13.1. The van der Waals surface area contributed by atoms with Crippen LogP contribution in [0.2, 0.25) is 5.02 Å². The Morgan fingerprint density at radius 1 is 1.26 bits per heavy atom. The van der Waals surface area contributed by atoms with Gasteiger partial charge in [-0.3, -0.25) is 10.1 Å². The van der Waals surface area contributed by atoms with Crippen LogP contribution in [-0.4, -0.2) is 32.3 Å². The zero-order chi connectivity index (χ0) is 24.9. The number of nitro benzene ring substituents is 1. The van der Waals surface area contributed by atoms with Gasteiger partial charge in [0.15, 0.2) is 0 Å². The minimum absolute atomic E-state index is 0.0368. The highest BCUT2D eigenvalue weighted by molar-refractivity contribution is 7.98. The zero-order valence-corrected chi connectivity index (χ0v) is 20.8. The van der Waals surface area contributed by atoms with Crippen molar-refractivity contribution in [3.05, 3.63) is 86.1 Å². The number of fused-ring (bicyclic) bond motifs is 1. The van der Waals surface area contributed by atoms with Crippen LogP contribution in [-0.2, 0) is 15.3 Å². The predicted molar refractivity (Wildman–Crippen MR) is 134 cm³/mol. The lowest BCUT2D eigenvalue weighted by molar-refractivity contribution is -0.384. The molecule has 1 atom stereocenters. The number of anilines is 1. The largest absolute Gasteiger partial charge is 0.462 e. The number of hydrogen-bond donors (Lipinski definition) is 1. The molecule has 1 aliphatic heterocycles. The standard InChI is InChI=1S/C24H24ClN5O4S/c1-3-4-13-34-22(31)20-15(2)26-23-27-24(35-14-17-7-5-6-8-19(17)25)28-29(23)21(20)16-9-11-18(12-10-16)30(32)33/h5-12,21H,3-4,13-14H2,1-2H3,(H,26,27,28). The van der Waals surface area contributed by atoms with Crippen LogP contribution >= 0.6 is 23.4 Å². The van der Waals surface area contributed by atoms with Crippen molar-refractivity contribution in [2.45, 2.75) is 43.6 Å². The average molecular weight is 514 g/mol. The molecule has 0 fully saturated rings. The van der Waals surface area contributed by atoms with Gasteiger partial charge < -0.3 is 10.1 Å². The number of halogens is 1. The van der Waals surface area contributed by atoms with E-state index in [9.17, 15) is 14.9 Å². The molecule has 35 heavy (non-hydrogen) atoms. The van der Waals surface area contributed by atoms with Crippen molar-refractivity contribution in [1.29, 1.82) is 0 Å². The Morgan fingerprint density at radius 3 is 2.69 bits per heavy atom. The SMILES string of the molecule is CCCCOC(=O)C1=C(C)Nc2nc(SCc3ccccc3Cl)nn2C1c1ccc([N+](=O)[O-])cc1. The number of benzene rings is 2. The molecule has 2 heterocycles. The van der Waals surface area contributed by atoms with E-state index in [1.165, 1.54) is 23.9 Å². The number of carbonyl (C=O) groups excluding carboxylic acids is 1. The highest BCUT2D eigenvalue weighted by Gasteiger charge is 2.35. The first-order valence-electron chi connectivity index (χ1n) is 11.1. The lowest BCUT2D eigenvalue weighted by atomic mass is 9.95. The van der Waals surface area contributed by atoms with Crippen LogP contribution in [0.1, 0.15) is 43.9 Å². The molecular weight excluding hydrogens is 490 g/mol. The summed E-state index contributed by atoms with van der Waals surface area (Å²) >= 11 is 7.70. The molecular formula is C24H24ClN5O4S. The summed E-state index contributed by atoms with van der Waals surface area (Å²) in [6, 6.07) is 13.0. The van der Waals surface area contributed by atoms with E-state index >= 15 is 0 Å². The Morgan fingerprint density at radius 2 is 2.00 bits per heavy atom. The molecule has 1 aliphatic rings. The minimum Gasteiger partial charge on any atom is -0.462 e. The van der Waals surface area contributed by atoms with Crippen molar-refractivity contribution < 1.29 is 14.5 Å². The number of esters is 1. The predicted octanol–water partition coefficient (Wildman–Crippen LogP) is 5.76. The van der Waals surface area contributed by atoms with Crippen molar-refractivity contribution in [1.82, 2.24) is 14.8 Å². The summed E-state index contributed by atoms with van der Waals surface area (Å²) in [6.45, 7) is 4.11. The van der Waals surface area contributed by atoms with E-state index in [0.29, 0.717) is 45.3 Å². The zero-order valence-electron chi connectivity index (χ0n) is 19.2. The lowest BCUT2D eigenvalue weighted by Crippen LogP contribution is -2.29. The highest BCUT2D eigenvalue weighted by Crippen LogP contribution is 2.37. The summed E-state index contributed by atoms with van der Waals surface area (Å²) < 4.78 is 7.14. The van der Waals surface area contributed by atoms with E-state index in [4.69, 9.17) is 16.3 Å². The topological polar surface area (TPSA) is 112 Å². The second-order valence-corrected chi connectivity index (χ2v) is 9.30. The number of unbranched alkanes of at least 4 members (excludes halogenated alkanes) is 1. The van der Waals surface area contributed by atoms with Crippen LogP contribution in [0.15, 0.2) is 65.0 Å². The Kier molecular flexibility index (Phi) is 7.72. The molecule has 1 aromatic heterocycles. The fourth-order valence-electron chi connectivity index (χ4n) is 3.69. The number of ether oxygens (including phenoxy) is 1. The molecule has 1 N–H and O–H groups in total. The van der Waals surface area contributed by atoms with Gasteiger partial charge in [0.05, 0.1) is 17.1 Å². The normalized spacial score (nSPS) is 14.9. The molecule has 0 aliphatic carbocycles. The van der Waals surface area contributed by atoms with Crippen molar-refractivity contribution in [2.24, 2.45) is 0 Å². The number of hydrogen-bond acceptors (Lipinski definition) is 8. The number of rotatable bonds is 9. The van der Waals surface area contributed by atoms with Gasteiger partial charge in [0, 0.05) is 28.6 Å². The van der Waals surface area contributed by atoms with E-state index in [0.717, 1.165) is 18.4 Å². The molecule has 0 saturated carbocycles. The third kappa shape index (κ3) is 5.49. The molecule has 9 nitrogen and oxygen atoms in total. The van der Waals surface area contributed by atoms with Crippen LogP contribution in [0.4, 0.5) is 11.6 Å². The number of nitro groups is 1. The summed E-state index contributed by atoms with van der Waals surface area (Å²) in [5.74, 6) is 0.583. The van der Waals surface area contributed by atoms with E-state index in [-0.39, 0.29) is 5.69 Å². The Bertz CT molecular complexity index is 1280. The lowest BCUT2D eigenvalue weighted by Gasteiger charge is -2.28. The molecule has 182 valence electrons. The number of aromatic nitrogens is 3. The summed E-state index contributed by atoms with van der Waals surface area (Å²) in [5.41, 5.74) is 2.56. The molecule has 0 bridgehead atoms. The maximum Gasteiger partial charge on any atom is 0.338 e. The van der Waals surface area contributed by atoms with Gasteiger partial charge in [-0.05, 0) is 42.7 Å². The number of thioether (sulfide) groups is 1. The van der Waals surface area contributed by atoms with E-state index in [2.05, 4.69) is 15.4 Å². The summed E-state index contributed by atoms with van der Waals surface area (Å²) in [5, 5.41) is 20.1. The van der Waals surface area contributed by atoms with Crippen LogP contribution < -0.4 is 5.32 Å². The molecule has 0 amide bonds. The number of nitrogens with zero attached hydrogens (tertiary/aromatic N) is 4. The number of non-ortho nitro benzene ring substituents is 1. The van der Waals surface area contributed by atoms with E-state index in [1.54, 1.807) is 23.7 Å². The minimum atomic E-state index is -0.650. The Balaban J connectivity index is 1.68. The smallest absolute Gasteiger partial charge is 0.338 e. The second kappa shape index (κ2) is 10.9. The van der Waals surface area contributed by atoms with Gasteiger partial charge in [0.1, 0.15) is 6.04 Å². The number of allylic oxidation sites excluding steroid dienone is 1. The molecule has 0 radical (unpaired) electrons. The number of carbonyl (C=O) groups is 1. The van der Waals surface area contributed by atoms with Crippen molar-refractivity contribution in [3.63, 3.8) is 0 Å². The Labute approximate surface area is 211 Å². The molecule has 11 heteroatoms. The van der Waals surface area contributed by atoms with Gasteiger partial charge in [-0.15, -0.1) is 5.10 Å². The quantitative estimate of drug-likeness (QED) is 0.126. The van der Waals surface area contributed by atoms with Crippen molar-refractivity contribution in [3.8, 4) is 0 Å². The summed E-state index contributed by atoms with van der Waals surface area (Å²) in [4.78, 5) is 28.4. The molecule has 1 unspecified atom stereocenters. The first-order chi connectivity index (χ1) is 16.9. The highest BCUT2D eigenvalue weighted by atomic mass is 35.5. The monoisotopic (exact) mass is 513 g/mol. The van der Waals surface area contributed by atoms with E-state index in [1.807, 2.05) is 31.2 Å². The van der Waals surface area contributed by atoms with Crippen LogP contribution in [0.25, 0.3) is 0 Å². The first kappa shape index (κ1) is 24.7. The molecule has 0 spiro atoms. The third-order valence-electron chi connectivity index (χ3n) is 5.52. The summed E-state index contributed by atoms with van der Waals surface area (Å²) in [6.07, 6.45) is 1.65. The van der Waals surface area contributed by atoms with Crippen LogP contribution in [0.3, 0.4) is 0 Å². The molecule has 3 aromatic rings. The van der Waals surface area contributed by atoms with Gasteiger partial charge in [0.2, 0.25) is 11.1 Å². The maximum atomic E-state index is 13.1. The van der Waals surface area contributed by atoms with Gasteiger partial charge in [-0.25, -0.2) is 9.48 Å². The third-order valence-corrected chi connectivity index (χ3v) is 6.77. The van der Waals surface area contributed by atoms with Crippen molar-refractivity contribution in [2.75, 3.05) is 11.9 Å². The molecule has 4 rings (SSSR count). The number of nitrogens with one attached hydrogen (secondary N) is 1. The molecule has 0 saturated heterocycles. The average Bonchev–Trinajstić information content (AvgIpc) is 3.25. The molecule has 2 aromatic carbocycles. The second-order valence-electron chi connectivity index (χ2n) is 7.95. The summed E-state index contributed by atoms with van der Waals surface area (Å²) in [7, 11) is 0. The van der Waals surface area contributed by atoms with Gasteiger partial charge in [-0.2, -0.15) is 4.98 Å². The van der Waals surface area contributed by atoms with Crippen LogP contribution in [0.5, 0.6) is 0 Å². The van der Waals surface area contributed by atoms with Crippen molar-refractivity contribution >= 4 is 41.0 Å². The van der Waals surface area contributed by atoms with Gasteiger partial charge in [0.25, 0.3) is 5.69 Å². The van der Waals surface area contributed by atoms with Crippen LogP contribution in [0, 0.1) is 10.1 Å². The first-order valence-corrected chi connectivity index (χ1v) is 12.5. The fourth-order valence-corrected chi connectivity index (χ4v) is 4.80. The van der Waals surface area contributed by atoms with Gasteiger partial charge in [-0.1, -0.05) is 54.9 Å². The van der Waals surface area contributed by atoms with Gasteiger partial charge >= 0.3 is 5.97 Å². The fraction of sp³-hybridized carbons (Fsp3) is 0.292. The Hall–Kier alpha value is -3.37.